The maximum Gasteiger partial charge on any atom is 0.171 e. The van der Waals surface area contributed by atoms with E-state index in [1.165, 1.54) is 5.39 Å². The average molecular weight is 571 g/mol. The summed E-state index contributed by atoms with van der Waals surface area (Å²) in [5, 5.41) is 3.66. The molecule has 0 fully saturated rings. The highest BCUT2D eigenvalue weighted by Crippen LogP contribution is 2.43. The van der Waals surface area contributed by atoms with Crippen LogP contribution < -0.4 is 15.9 Å². The fraction of sp³-hybridized carbons (Fsp3) is 0. The Labute approximate surface area is 250 Å². The molecular weight excluding hydrogens is 543 g/mol. The molecule has 0 atom stereocenters. The Bertz CT molecular complexity index is 2260. The summed E-state index contributed by atoms with van der Waals surface area (Å²) in [6, 6.07) is 55.5. The second-order valence-corrected chi connectivity index (χ2v) is 13.6. The van der Waals surface area contributed by atoms with E-state index in [0.29, 0.717) is 0 Å². The summed E-state index contributed by atoms with van der Waals surface area (Å²) in [7, 11) is -3.06. The Balaban J connectivity index is 1.24. The minimum Gasteiger partial charge on any atom is -0.309 e. The van der Waals surface area contributed by atoms with Gasteiger partial charge < -0.3 is 4.57 Å². The van der Waals surface area contributed by atoms with E-state index in [4.69, 9.17) is 4.98 Å². The lowest BCUT2D eigenvalue weighted by atomic mass is 10.00. The van der Waals surface area contributed by atoms with Gasteiger partial charge in [-0.2, -0.15) is 0 Å². The number of fused-ring (bicyclic) bond motifs is 5. The molecule has 2 heterocycles. The molecule has 0 spiro atoms. The molecule has 8 aromatic rings. The normalized spacial score (nSPS) is 11.8. The van der Waals surface area contributed by atoms with E-state index in [9.17, 15) is 4.57 Å². The van der Waals surface area contributed by atoms with Crippen molar-refractivity contribution in [3.63, 3.8) is 0 Å². The highest BCUT2D eigenvalue weighted by atomic mass is 31.2. The Morgan fingerprint density at radius 1 is 0.465 bits per heavy atom. The SMILES string of the molecule is O=P(c1ccccc1)(c1ccccc1)c1cccc(-c2ccc(-c3cc4ccccc4n4c3nc3ccccc34)cc2)c1. The van der Waals surface area contributed by atoms with Gasteiger partial charge in [-0.15, -0.1) is 0 Å². The summed E-state index contributed by atoms with van der Waals surface area (Å²) >= 11 is 0. The average Bonchev–Trinajstić information content (AvgIpc) is 3.49. The van der Waals surface area contributed by atoms with Crippen LogP contribution in [0.4, 0.5) is 0 Å². The molecule has 0 aliphatic carbocycles. The maximum atomic E-state index is 14.9. The molecular formula is C39H27N2OP. The van der Waals surface area contributed by atoms with Gasteiger partial charge in [0, 0.05) is 21.5 Å². The summed E-state index contributed by atoms with van der Waals surface area (Å²) in [5.74, 6) is 0. The van der Waals surface area contributed by atoms with Gasteiger partial charge in [0.15, 0.2) is 7.14 Å². The third-order valence-electron chi connectivity index (χ3n) is 8.26. The van der Waals surface area contributed by atoms with Gasteiger partial charge in [-0.3, -0.25) is 4.40 Å². The van der Waals surface area contributed by atoms with Gasteiger partial charge in [0.05, 0.1) is 16.6 Å². The lowest BCUT2D eigenvalue weighted by molar-refractivity contribution is 0.592. The standard InChI is InChI=1S/C39H27N2OP/c42-43(32-14-3-1-4-15-32,33-16-5-2-6-17-33)34-18-11-13-30(26-34)28-22-24-29(25-23-28)35-27-31-12-7-9-20-37(31)41-38-21-10-8-19-36(38)40-39(35)41/h1-27H. The monoisotopic (exact) mass is 570 g/mol. The predicted octanol–water partition coefficient (Wildman–Crippen LogP) is 8.61. The first-order chi connectivity index (χ1) is 21.2. The molecule has 0 saturated carbocycles. The van der Waals surface area contributed by atoms with E-state index in [-0.39, 0.29) is 0 Å². The molecule has 0 aliphatic heterocycles. The zero-order valence-corrected chi connectivity index (χ0v) is 24.2. The van der Waals surface area contributed by atoms with Crippen LogP contribution in [-0.2, 0) is 4.57 Å². The first-order valence-electron chi connectivity index (χ1n) is 14.4. The third-order valence-corrected chi connectivity index (χ3v) is 11.3. The molecule has 0 bridgehead atoms. The van der Waals surface area contributed by atoms with E-state index in [1.807, 2.05) is 78.9 Å². The van der Waals surface area contributed by atoms with Gasteiger partial charge in [-0.25, -0.2) is 4.98 Å². The summed E-state index contributed by atoms with van der Waals surface area (Å²) in [4.78, 5) is 5.05. The molecule has 0 unspecified atom stereocenters. The molecule has 2 aromatic heterocycles. The van der Waals surface area contributed by atoms with Crippen LogP contribution in [0.5, 0.6) is 0 Å². The molecule has 3 nitrogen and oxygen atoms in total. The van der Waals surface area contributed by atoms with E-state index >= 15 is 0 Å². The molecule has 43 heavy (non-hydrogen) atoms. The van der Waals surface area contributed by atoms with Gasteiger partial charge in [0.2, 0.25) is 0 Å². The van der Waals surface area contributed by atoms with Gasteiger partial charge >= 0.3 is 0 Å². The van der Waals surface area contributed by atoms with Crippen molar-refractivity contribution in [3.05, 3.63) is 164 Å². The Morgan fingerprint density at radius 2 is 1.05 bits per heavy atom. The highest BCUT2D eigenvalue weighted by Gasteiger charge is 2.29. The van der Waals surface area contributed by atoms with Crippen LogP contribution in [0, 0.1) is 0 Å². The largest absolute Gasteiger partial charge is 0.309 e. The molecule has 8 rings (SSSR count). The number of imidazole rings is 1. The number of rotatable bonds is 5. The zero-order chi connectivity index (χ0) is 28.8. The molecule has 0 radical (unpaired) electrons. The Hall–Kier alpha value is -5.24. The summed E-state index contributed by atoms with van der Waals surface area (Å²) in [6.45, 7) is 0. The van der Waals surface area contributed by atoms with Gasteiger partial charge in [0.25, 0.3) is 0 Å². The van der Waals surface area contributed by atoms with Crippen LogP contribution in [0.1, 0.15) is 0 Å². The quantitative estimate of drug-likeness (QED) is 0.194. The second kappa shape index (κ2) is 10.2. The van der Waals surface area contributed by atoms with E-state index in [1.54, 1.807) is 0 Å². The van der Waals surface area contributed by atoms with E-state index in [2.05, 4.69) is 89.3 Å². The lowest BCUT2D eigenvalue weighted by Gasteiger charge is -2.20. The van der Waals surface area contributed by atoms with Crippen molar-refractivity contribution < 1.29 is 4.57 Å². The van der Waals surface area contributed by atoms with Gasteiger partial charge in [-0.1, -0.05) is 133 Å². The number of benzene rings is 6. The number of pyridine rings is 1. The third kappa shape index (κ3) is 4.21. The van der Waals surface area contributed by atoms with Crippen LogP contribution in [0.2, 0.25) is 0 Å². The first-order valence-corrected chi connectivity index (χ1v) is 16.1. The van der Waals surface area contributed by atoms with Crippen molar-refractivity contribution in [2.45, 2.75) is 0 Å². The number of hydrogen-bond donors (Lipinski definition) is 0. The topological polar surface area (TPSA) is 34.4 Å². The Morgan fingerprint density at radius 3 is 1.77 bits per heavy atom. The first kappa shape index (κ1) is 25.5. The van der Waals surface area contributed by atoms with Crippen molar-refractivity contribution in [2.75, 3.05) is 0 Å². The molecule has 0 N–H and O–H groups in total. The van der Waals surface area contributed by atoms with Crippen molar-refractivity contribution in [1.29, 1.82) is 0 Å². The molecule has 6 aromatic carbocycles. The molecule has 0 aliphatic rings. The highest BCUT2D eigenvalue weighted by molar-refractivity contribution is 7.85. The molecule has 0 saturated heterocycles. The van der Waals surface area contributed by atoms with Gasteiger partial charge in [-0.05, 0) is 52.4 Å². The van der Waals surface area contributed by atoms with Crippen molar-refractivity contribution in [2.24, 2.45) is 0 Å². The Kier molecular flexibility index (Phi) is 6.06. The van der Waals surface area contributed by atoms with Crippen LogP contribution in [0.3, 0.4) is 0 Å². The number of nitrogens with zero attached hydrogens (tertiary/aromatic N) is 2. The minimum absolute atomic E-state index is 0.826. The number of para-hydroxylation sites is 3. The lowest BCUT2D eigenvalue weighted by Crippen LogP contribution is -2.25. The summed E-state index contributed by atoms with van der Waals surface area (Å²) in [5.41, 5.74) is 8.47. The van der Waals surface area contributed by atoms with Crippen molar-refractivity contribution in [3.8, 4) is 22.3 Å². The predicted molar refractivity (Wildman–Crippen MR) is 180 cm³/mol. The fourth-order valence-electron chi connectivity index (χ4n) is 6.14. The van der Waals surface area contributed by atoms with Crippen molar-refractivity contribution >= 4 is 50.6 Å². The number of aromatic nitrogens is 2. The van der Waals surface area contributed by atoms with Crippen molar-refractivity contribution in [1.82, 2.24) is 9.38 Å². The van der Waals surface area contributed by atoms with Crippen LogP contribution in [0.15, 0.2) is 164 Å². The van der Waals surface area contributed by atoms with Crippen LogP contribution >= 0.6 is 7.14 Å². The summed E-state index contributed by atoms with van der Waals surface area (Å²) < 4.78 is 17.2. The molecule has 0 amide bonds. The molecule has 204 valence electrons. The summed E-state index contributed by atoms with van der Waals surface area (Å²) in [6.07, 6.45) is 0. The van der Waals surface area contributed by atoms with Gasteiger partial charge in [0.1, 0.15) is 5.65 Å². The van der Waals surface area contributed by atoms with Crippen LogP contribution in [-0.4, -0.2) is 9.38 Å². The minimum atomic E-state index is -3.06. The number of hydrogen-bond acceptors (Lipinski definition) is 2. The van der Waals surface area contributed by atoms with Crippen LogP contribution in [0.25, 0.3) is 49.8 Å². The second-order valence-electron chi connectivity index (χ2n) is 10.8. The van der Waals surface area contributed by atoms with E-state index < -0.39 is 7.14 Å². The smallest absolute Gasteiger partial charge is 0.171 e. The zero-order valence-electron chi connectivity index (χ0n) is 23.3. The maximum absolute atomic E-state index is 14.9. The van der Waals surface area contributed by atoms with E-state index in [0.717, 1.165) is 60.4 Å². The molecule has 4 heteroatoms. The fourth-order valence-corrected chi connectivity index (χ4v) is 8.84.